The van der Waals surface area contributed by atoms with Crippen LogP contribution in [-0.2, 0) is 17.6 Å². The quantitative estimate of drug-likeness (QED) is 0.233. The Balaban J connectivity index is 1.17. The van der Waals surface area contributed by atoms with Crippen LogP contribution in [0.1, 0.15) is 90.9 Å². The van der Waals surface area contributed by atoms with Gasteiger partial charge in [0, 0.05) is 36.3 Å². The standard InChI is InChI=1S/C36H45F2N7O2/c1-20-9-12-30-42-32-25(37)17-24(18-27(32)45(20)30)31-26(38)19-39-33(43-31)41-29-11-10-23(21(2)40-29)15-22-13-14-44(28(16-22)35(3,4)5)34(46)47-36(6,7)8/h10-11,17-20,22,28H,9,12-16H2,1-8H3,(H,39,40,41,43). The summed E-state index contributed by atoms with van der Waals surface area (Å²) in [6.07, 6.45) is 5.17. The van der Waals surface area contributed by atoms with E-state index in [4.69, 9.17) is 9.72 Å². The van der Waals surface area contributed by atoms with E-state index in [0.29, 0.717) is 34.9 Å². The van der Waals surface area contributed by atoms with E-state index in [9.17, 15) is 4.79 Å². The van der Waals surface area contributed by atoms with E-state index in [1.54, 1.807) is 6.07 Å². The second-order valence-corrected chi connectivity index (χ2v) is 15.2. The number of nitrogens with zero attached hydrogens (tertiary/aromatic N) is 6. The number of aryl methyl sites for hydroxylation is 2. The van der Waals surface area contributed by atoms with Gasteiger partial charge in [0.15, 0.2) is 11.6 Å². The van der Waals surface area contributed by atoms with Gasteiger partial charge in [-0.15, -0.1) is 0 Å². The summed E-state index contributed by atoms with van der Waals surface area (Å²) in [6.45, 7) is 16.9. The first-order valence-electron chi connectivity index (χ1n) is 16.5. The highest BCUT2D eigenvalue weighted by molar-refractivity contribution is 5.83. The van der Waals surface area contributed by atoms with Gasteiger partial charge in [-0.1, -0.05) is 26.8 Å². The monoisotopic (exact) mass is 645 g/mol. The van der Waals surface area contributed by atoms with Crippen LogP contribution in [0.2, 0.25) is 0 Å². The van der Waals surface area contributed by atoms with Crippen LogP contribution in [0.5, 0.6) is 0 Å². The van der Waals surface area contributed by atoms with Crippen LogP contribution >= 0.6 is 0 Å². The van der Waals surface area contributed by atoms with E-state index in [-0.39, 0.29) is 35.2 Å². The maximum absolute atomic E-state index is 15.1. The number of piperidine rings is 1. The van der Waals surface area contributed by atoms with Crippen molar-refractivity contribution in [1.82, 2.24) is 29.4 Å². The van der Waals surface area contributed by atoms with Crippen LogP contribution < -0.4 is 5.32 Å². The maximum Gasteiger partial charge on any atom is 0.410 e. The second kappa shape index (κ2) is 12.1. The average Bonchev–Trinajstić information content (AvgIpc) is 3.54. The number of benzene rings is 1. The molecule has 0 bridgehead atoms. The molecular formula is C36H45F2N7O2. The van der Waals surface area contributed by atoms with Crippen molar-refractivity contribution in [3.63, 3.8) is 0 Å². The fourth-order valence-corrected chi connectivity index (χ4v) is 6.99. The lowest BCUT2D eigenvalue weighted by molar-refractivity contribution is -0.0152. The fourth-order valence-electron chi connectivity index (χ4n) is 6.99. The summed E-state index contributed by atoms with van der Waals surface area (Å²) in [6, 6.07) is 7.21. The minimum Gasteiger partial charge on any atom is -0.444 e. The third-order valence-corrected chi connectivity index (χ3v) is 9.35. The number of aromatic nitrogens is 5. The number of imidazole rings is 1. The van der Waals surface area contributed by atoms with Crippen LogP contribution in [0.3, 0.4) is 0 Å². The molecule has 1 saturated heterocycles. The van der Waals surface area contributed by atoms with Crippen molar-refractivity contribution in [2.75, 3.05) is 11.9 Å². The predicted molar refractivity (Wildman–Crippen MR) is 179 cm³/mol. The summed E-state index contributed by atoms with van der Waals surface area (Å²) >= 11 is 0. The van der Waals surface area contributed by atoms with Gasteiger partial charge in [-0.05, 0) is 95.4 Å². The summed E-state index contributed by atoms with van der Waals surface area (Å²) in [5.74, 6) is 0.777. The highest BCUT2D eigenvalue weighted by atomic mass is 19.1. The molecule has 3 unspecified atom stereocenters. The molecule has 47 heavy (non-hydrogen) atoms. The highest BCUT2D eigenvalue weighted by Gasteiger charge is 2.40. The molecule has 5 heterocycles. The van der Waals surface area contributed by atoms with Crippen LogP contribution in [0.4, 0.5) is 25.3 Å². The number of likely N-dealkylation sites (tertiary alicyclic amines) is 1. The molecule has 1 amide bonds. The molecule has 1 N–H and O–H groups in total. The van der Waals surface area contributed by atoms with Gasteiger partial charge in [-0.3, -0.25) is 0 Å². The van der Waals surface area contributed by atoms with Crippen molar-refractivity contribution in [3.8, 4) is 11.3 Å². The Morgan fingerprint density at radius 2 is 1.81 bits per heavy atom. The van der Waals surface area contributed by atoms with Gasteiger partial charge in [0.2, 0.25) is 5.95 Å². The molecule has 2 aliphatic heterocycles. The topological polar surface area (TPSA) is 98.1 Å². The first kappa shape index (κ1) is 32.8. The van der Waals surface area contributed by atoms with E-state index in [2.05, 4.69) is 48.0 Å². The van der Waals surface area contributed by atoms with Crippen molar-refractivity contribution in [2.45, 2.75) is 105 Å². The molecule has 2 aliphatic rings. The molecule has 3 aromatic heterocycles. The molecular weight excluding hydrogens is 600 g/mol. The molecule has 0 aliphatic carbocycles. The molecule has 3 atom stereocenters. The molecule has 0 saturated carbocycles. The smallest absolute Gasteiger partial charge is 0.410 e. The number of halogens is 2. The van der Waals surface area contributed by atoms with E-state index < -0.39 is 17.2 Å². The summed E-state index contributed by atoms with van der Waals surface area (Å²) in [5, 5.41) is 3.10. The number of carbonyl (C=O) groups excluding carboxylic acids is 1. The number of hydrogen-bond acceptors (Lipinski definition) is 7. The Morgan fingerprint density at radius 1 is 1.04 bits per heavy atom. The third-order valence-electron chi connectivity index (χ3n) is 9.35. The molecule has 1 aromatic carbocycles. The minimum atomic E-state index is -0.644. The zero-order chi connectivity index (χ0) is 33.8. The van der Waals surface area contributed by atoms with E-state index >= 15 is 8.78 Å². The normalized spacial score (nSPS) is 20.0. The van der Waals surface area contributed by atoms with Crippen LogP contribution in [-0.4, -0.2) is 53.7 Å². The molecule has 0 spiro atoms. The number of carbonyl (C=O) groups is 1. The predicted octanol–water partition coefficient (Wildman–Crippen LogP) is 8.33. The lowest BCUT2D eigenvalue weighted by atomic mass is 9.75. The van der Waals surface area contributed by atoms with Gasteiger partial charge in [0.1, 0.15) is 28.5 Å². The fraction of sp³-hybridized carbons (Fsp3) is 0.528. The number of ether oxygens (including phenoxy) is 1. The van der Waals surface area contributed by atoms with E-state index in [0.717, 1.165) is 55.4 Å². The lowest BCUT2D eigenvalue weighted by Gasteiger charge is -2.46. The van der Waals surface area contributed by atoms with Crippen molar-refractivity contribution >= 4 is 28.9 Å². The SMILES string of the molecule is Cc1nc(Nc2ncc(F)c(-c3cc(F)c4nc5n(c4c3)C(C)CC5)n2)ccc1CC1CCN(C(=O)OC(C)(C)C)C(C(C)(C)C)C1. The largest absolute Gasteiger partial charge is 0.444 e. The number of hydrogen-bond donors (Lipinski definition) is 1. The Bertz CT molecular complexity index is 1820. The molecule has 4 aromatic rings. The number of amides is 1. The van der Waals surface area contributed by atoms with E-state index in [1.165, 1.54) is 6.07 Å². The maximum atomic E-state index is 15.1. The second-order valence-electron chi connectivity index (χ2n) is 15.2. The zero-order valence-corrected chi connectivity index (χ0v) is 28.6. The van der Waals surface area contributed by atoms with Crippen LogP contribution in [0, 0.1) is 29.9 Å². The Kier molecular flexibility index (Phi) is 8.47. The number of pyridine rings is 1. The summed E-state index contributed by atoms with van der Waals surface area (Å²) in [7, 11) is 0. The molecule has 11 heteroatoms. The average molecular weight is 646 g/mol. The Morgan fingerprint density at radius 3 is 2.51 bits per heavy atom. The Labute approximate surface area is 275 Å². The molecule has 6 rings (SSSR count). The van der Waals surface area contributed by atoms with Gasteiger partial charge in [-0.25, -0.2) is 33.5 Å². The van der Waals surface area contributed by atoms with Gasteiger partial charge >= 0.3 is 6.09 Å². The van der Waals surface area contributed by atoms with Crippen molar-refractivity contribution in [3.05, 3.63) is 59.2 Å². The molecule has 9 nitrogen and oxygen atoms in total. The van der Waals surface area contributed by atoms with E-state index in [1.807, 2.05) is 49.3 Å². The summed E-state index contributed by atoms with van der Waals surface area (Å²) in [4.78, 5) is 32.8. The highest BCUT2D eigenvalue weighted by Crippen LogP contribution is 2.38. The minimum absolute atomic E-state index is 0.00367. The lowest BCUT2D eigenvalue weighted by Crippen LogP contribution is -2.53. The number of anilines is 2. The van der Waals surface area contributed by atoms with Gasteiger partial charge in [0.25, 0.3) is 0 Å². The number of fused-ring (bicyclic) bond motifs is 3. The molecule has 1 fully saturated rings. The molecule has 0 radical (unpaired) electrons. The summed E-state index contributed by atoms with van der Waals surface area (Å²) in [5.41, 5.74) is 2.63. The third kappa shape index (κ3) is 6.80. The van der Waals surface area contributed by atoms with Crippen LogP contribution in [0.25, 0.3) is 22.3 Å². The van der Waals surface area contributed by atoms with Gasteiger partial charge in [0.05, 0.1) is 11.7 Å². The van der Waals surface area contributed by atoms with Gasteiger partial charge in [-0.2, -0.15) is 0 Å². The van der Waals surface area contributed by atoms with Crippen LogP contribution in [0.15, 0.2) is 30.5 Å². The molecule has 250 valence electrons. The first-order valence-corrected chi connectivity index (χ1v) is 16.5. The van der Waals surface area contributed by atoms with Crippen molar-refractivity contribution < 1.29 is 18.3 Å². The summed E-state index contributed by atoms with van der Waals surface area (Å²) < 4.78 is 38.0. The van der Waals surface area contributed by atoms with Crippen molar-refractivity contribution in [2.24, 2.45) is 11.3 Å². The van der Waals surface area contributed by atoms with Gasteiger partial charge < -0.3 is 19.5 Å². The Hall–Kier alpha value is -4.15. The first-order chi connectivity index (χ1) is 22.1. The van der Waals surface area contributed by atoms with Crippen molar-refractivity contribution in [1.29, 1.82) is 0 Å². The zero-order valence-electron chi connectivity index (χ0n) is 28.6. The number of rotatable bonds is 5. The number of nitrogens with one attached hydrogen (secondary N) is 1.